The first-order valence-corrected chi connectivity index (χ1v) is 4.37. The van der Waals surface area contributed by atoms with E-state index >= 15 is 0 Å². The molecule has 0 fully saturated rings. The molecule has 11 heavy (non-hydrogen) atoms. The van der Waals surface area contributed by atoms with Crippen LogP contribution in [0, 0.1) is 11.3 Å². The Bertz CT molecular complexity index is 126. The highest BCUT2D eigenvalue weighted by Gasteiger charge is 2.08. The minimum absolute atomic E-state index is 0.560. The van der Waals surface area contributed by atoms with Crippen LogP contribution in [0.4, 0.5) is 0 Å². The van der Waals surface area contributed by atoms with Crippen molar-refractivity contribution in [3.05, 3.63) is 0 Å². The Hall–Kier alpha value is -0.550. The molecule has 0 radical (unpaired) electrons. The van der Waals surface area contributed by atoms with Gasteiger partial charge in [0.05, 0.1) is 12.6 Å². The van der Waals surface area contributed by atoms with E-state index in [2.05, 4.69) is 31.7 Å². The molecule has 0 aromatic rings. The predicted molar refractivity (Wildman–Crippen MR) is 47.2 cm³/mol. The summed E-state index contributed by atoms with van der Waals surface area (Å²) in [5.74, 6) is 0. The first-order valence-electron chi connectivity index (χ1n) is 4.37. The number of nitrogens with zero attached hydrogens (tertiary/aromatic N) is 2. The van der Waals surface area contributed by atoms with Crippen LogP contribution in [0.1, 0.15) is 33.6 Å². The largest absolute Gasteiger partial charge is 0.288 e. The molecule has 0 aromatic carbocycles. The molecule has 1 atom stereocenters. The van der Waals surface area contributed by atoms with E-state index in [1.54, 1.807) is 0 Å². The summed E-state index contributed by atoms with van der Waals surface area (Å²) in [5.41, 5.74) is 0. The van der Waals surface area contributed by atoms with E-state index in [1.807, 2.05) is 0 Å². The lowest BCUT2D eigenvalue weighted by atomic mass is 10.1. The van der Waals surface area contributed by atoms with Crippen LogP contribution in [-0.4, -0.2) is 24.0 Å². The summed E-state index contributed by atoms with van der Waals surface area (Å²) in [6.45, 7) is 8.01. The summed E-state index contributed by atoms with van der Waals surface area (Å²) in [6.07, 6.45) is 2.39. The molecule has 2 heteroatoms. The third-order valence-corrected chi connectivity index (χ3v) is 2.01. The van der Waals surface area contributed by atoms with Crippen molar-refractivity contribution in [2.24, 2.45) is 0 Å². The zero-order valence-electron chi connectivity index (χ0n) is 7.80. The van der Waals surface area contributed by atoms with Gasteiger partial charge in [0.2, 0.25) is 0 Å². The molecule has 0 aromatic heterocycles. The molecule has 0 heterocycles. The van der Waals surface area contributed by atoms with Crippen molar-refractivity contribution < 1.29 is 0 Å². The maximum atomic E-state index is 8.49. The summed E-state index contributed by atoms with van der Waals surface area (Å²) in [6, 6.07) is 2.74. The summed E-state index contributed by atoms with van der Waals surface area (Å²) in [7, 11) is 0. The van der Waals surface area contributed by atoms with E-state index in [-0.39, 0.29) is 0 Å². The summed E-state index contributed by atoms with van der Waals surface area (Å²) in [5, 5.41) is 8.49. The average molecular weight is 154 g/mol. The SMILES string of the molecule is CCCC(C)N(CC)CC#N. The second kappa shape index (κ2) is 6.18. The Morgan fingerprint density at radius 3 is 2.45 bits per heavy atom. The maximum Gasteiger partial charge on any atom is 0.0868 e. The van der Waals surface area contributed by atoms with Gasteiger partial charge in [-0.15, -0.1) is 0 Å². The minimum Gasteiger partial charge on any atom is -0.288 e. The van der Waals surface area contributed by atoms with E-state index in [1.165, 1.54) is 12.8 Å². The molecular formula is C9H18N2. The third-order valence-electron chi connectivity index (χ3n) is 2.01. The second-order valence-electron chi connectivity index (χ2n) is 2.86. The van der Waals surface area contributed by atoms with E-state index < -0.39 is 0 Å². The summed E-state index contributed by atoms with van der Waals surface area (Å²) >= 11 is 0. The van der Waals surface area contributed by atoms with Crippen molar-refractivity contribution in [2.75, 3.05) is 13.1 Å². The lowest BCUT2D eigenvalue weighted by molar-refractivity contribution is 0.234. The van der Waals surface area contributed by atoms with Gasteiger partial charge in [-0.3, -0.25) is 4.90 Å². The summed E-state index contributed by atoms with van der Waals surface area (Å²) < 4.78 is 0. The lowest BCUT2D eigenvalue weighted by Gasteiger charge is -2.24. The molecule has 0 amide bonds. The third kappa shape index (κ3) is 4.00. The van der Waals surface area contributed by atoms with Gasteiger partial charge in [0.25, 0.3) is 0 Å². The first-order chi connectivity index (χ1) is 5.26. The van der Waals surface area contributed by atoms with Crippen LogP contribution in [0.15, 0.2) is 0 Å². The quantitative estimate of drug-likeness (QED) is 0.566. The van der Waals surface area contributed by atoms with Crippen LogP contribution < -0.4 is 0 Å². The maximum absolute atomic E-state index is 8.49. The monoisotopic (exact) mass is 154 g/mol. The molecule has 2 nitrogen and oxygen atoms in total. The van der Waals surface area contributed by atoms with Crippen molar-refractivity contribution in [3.63, 3.8) is 0 Å². The van der Waals surface area contributed by atoms with Crippen molar-refractivity contribution in [1.29, 1.82) is 5.26 Å². The fraction of sp³-hybridized carbons (Fsp3) is 0.889. The van der Waals surface area contributed by atoms with Crippen molar-refractivity contribution in [2.45, 2.75) is 39.7 Å². The van der Waals surface area contributed by atoms with Crippen LogP contribution >= 0.6 is 0 Å². The van der Waals surface area contributed by atoms with Gasteiger partial charge in [0.1, 0.15) is 0 Å². The van der Waals surface area contributed by atoms with E-state index in [0.29, 0.717) is 12.6 Å². The van der Waals surface area contributed by atoms with Gasteiger partial charge in [-0.2, -0.15) is 5.26 Å². The Balaban J connectivity index is 3.73. The molecule has 0 aliphatic carbocycles. The molecule has 0 bridgehead atoms. The van der Waals surface area contributed by atoms with Crippen LogP contribution in [0.2, 0.25) is 0 Å². The van der Waals surface area contributed by atoms with Crippen molar-refractivity contribution in [3.8, 4) is 6.07 Å². The highest BCUT2D eigenvalue weighted by atomic mass is 15.1. The number of rotatable bonds is 5. The highest BCUT2D eigenvalue weighted by molar-refractivity contribution is 4.78. The standard InChI is InChI=1S/C9H18N2/c1-4-6-9(3)11(5-2)8-7-10/h9H,4-6,8H2,1-3H3. The topological polar surface area (TPSA) is 27.0 Å². The van der Waals surface area contributed by atoms with Gasteiger partial charge in [0.15, 0.2) is 0 Å². The molecule has 0 aliphatic heterocycles. The smallest absolute Gasteiger partial charge is 0.0868 e. The second-order valence-corrected chi connectivity index (χ2v) is 2.86. The molecule has 0 spiro atoms. The molecule has 0 saturated carbocycles. The van der Waals surface area contributed by atoms with Crippen LogP contribution in [0.25, 0.3) is 0 Å². The Kier molecular flexibility index (Phi) is 5.87. The lowest BCUT2D eigenvalue weighted by Crippen LogP contribution is -2.32. The van der Waals surface area contributed by atoms with Crippen molar-refractivity contribution in [1.82, 2.24) is 4.90 Å². The first kappa shape index (κ1) is 10.4. The van der Waals surface area contributed by atoms with Gasteiger partial charge in [-0.1, -0.05) is 20.3 Å². The van der Waals surface area contributed by atoms with Gasteiger partial charge < -0.3 is 0 Å². The number of hydrogen-bond acceptors (Lipinski definition) is 2. The Morgan fingerprint density at radius 2 is 2.09 bits per heavy atom. The minimum atomic E-state index is 0.560. The van der Waals surface area contributed by atoms with E-state index in [0.717, 1.165) is 6.54 Å². The molecule has 0 saturated heterocycles. The van der Waals surface area contributed by atoms with E-state index in [4.69, 9.17) is 5.26 Å². The molecule has 1 unspecified atom stereocenters. The van der Waals surface area contributed by atoms with Gasteiger partial charge in [-0.05, 0) is 19.9 Å². The van der Waals surface area contributed by atoms with Crippen molar-refractivity contribution >= 4 is 0 Å². The zero-order chi connectivity index (χ0) is 8.69. The molecule has 0 N–H and O–H groups in total. The molecule has 0 aliphatic rings. The van der Waals surface area contributed by atoms with Gasteiger partial charge in [-0.25, -0.2) is 0 Å². The molecule has 0 rings (SSSR count). The van der Waals surface area contributed by atoms with Gasteiger partial charge >= 0.3 is 0 Å². The van der Waals surface area contributed by atoms with Crippen LogP contribution in [0.5, 0.6) is 0 Å². The summed E-state index contributed by atoms with van der Waals surface area (Å²) in [4.78, 5) is 2.20. The Morgan fingerprint density at radius 1 is 1.45 bits per heavy atom. The predicted octanol–water partition coefficient (Wildman–Crippen LogP) is 2.02. The average Bonchev–Trinajstić information content (AvgIpc) is 2.00. The van der Waals surface area contributed by atoms with Crippen LogP contribution in [-0.2, 0) is 0 Å². The fourth-order valence-electron chi connectivity index (χ4n) is 1.27. The molecule has 64 valence electrons. The fourth-order valence-corrected chi connectivity index (χ4v) is 1.27. The Labute approximate surface area is 69.8 Å². The van der Waals surface area contributed by atoms with Crippen LogP contribution in [0.3, 0.4) is 0 Å². The highest BCUT2D eigenvalue weighted by Crippen LogP contribution is 2.04. The van der Waals surface area contributed by atoms with E-state index in [9.17, 15) is 0 Å². The zero-order valence-corrected chi connectivity index (χ0v) is 7.80. The molecular weight excluding hydrogens is 136 g/mol. The normalized spacial score (nSPS) is 13.0. The number of hydrogen-bond donors (Lipinski definition) is 0. The number of nitriles is 1. The van der Waals surface area contributed by atoms with Gasteiger partial charge in [0, 0.05) is 6.04 Å².